The minimum Gasteiger partial charge on any atom is -0.507 e. The molecule has 0 fully saturated rings. The highest BCUT2D eigenvalue weighted by Gasteiger charge is 2.02. The summed E-state index contributed by atoms with van der Waals surface area (Å²) in [7, 11) is 1.65. The Morgan fingerprint density at radius 2 is 1.71 bits per heavy atom. The summed E-state index contributed by atoms with van der Waals surface area (Å²) in [5.41, 5.74) is 0. The molecule has 88 valence electrons. The highest BCUT2D eigenvalue weighted by Crippen LogP contribution is 2.33. The van der Waals surface area contributed by atoms with Gasteiger partial charge in [0, 0.05) is 9.79 Å². The van der Waals surface area contributed by atoms with Gasteiger partial charge in [0.2, 0.25) is 0 Å². The molecule has 0 aliphatic heterocycles. The van der Waals surface area contributed by atoms with Crippen LogP contribution in [0.2, 0.25) is 0 Å². The van der Waals surface area contributed by atoms with E-state index in [1.165, 1.54) is 0 Å². The molecule has 0 radical (unpaired) electrons. The summed E-state index contributed by atoms with van der Waals surface area (Å²) >= 11 is 4.85. The molecule has 0 unspecified atom stereocenters. The third-order valence-corrected chi connectivity index (χ3v) is 3.88. The lowest BCUT2D eigenvalue weighted by Crippen LogP contribution is -1.81. The first-order chi connectivity index (χ1) is 8.19. The average Bonchev–Trinajstić information content (AvgIpc) is 2.35. The van der Waals surface area contributed by atoms with E-state index in [4.69, 9.17) is 4.74 Å². The van der Waals surface area contributed by atoms with Crippen LogP contribution in [0.4, 0.5) is 0 Å². The second-order valence-electron chi connectivity index (χ2n) is 3.39. The van der Waals surface area contributed by atoms with Crippen molar-refractivity contribution in [2.75, 3.05) is 7.11 Å². The van der Waals surface area contributed by atoms with Crippen LogP contribution < -0.4 is 4.74 Å². The first-order valence-corrected chi connectivity index (χ1v) is 6.60. The number of rotatable bonds is 3. The Hall–Kier alpha value is -1.13. The molecule has 2 aromatic carbocycles. The summed E-state index contributed by atoms with van der Waals surface area (Å²) in [5, 5.41) is 9.58. The summed E-state index contributed by atoms with van der Waals surface area (Å²) in [4.78, 5) is 2.10. The van der Waals surface area contributed by atoms with Crippen LogP contribution in [0.15, 0.2) is 56.7 Å². The SMILES string of the molecule is COc1ccc(Sc2ccc(Br)c(O)c2)cc1. The van der Waals surface area contributed by atoms with Gasteiger partial charge >= 0.3 is 0 Å². The van der Waals surface area contributed by atoms with E-state index >= 15 is 0 Å². The molecule has 17 heavy (non-hydrogen) atoms. The van der Waals surface area contributed by atoms with Crippen LogP contribution in [0.1, 0.15) is 0 Å². The van der Waals surface area contributed by atoms with Gasteiger partial charge < -0.3 is 9.84 Å². The van der Waals surface area contributed by atoms with Crippen molar-refractivity contribution in [1.82, 2.24) is 0 Å². The van der Waals surface area contributed by atoms with E-state index < -0.39 is 0 Å². The number of aromatic hydroxyl groups is 1. The van der Waals surface area contributed by atoms with Gasteiger partial charge in [-0.2, -0.15) is 0 Å². The second kappa shape index (κ2) is 5.47. The third-order valence-electron chi connectivity index (χ3n) is 2.21. The zero-order valence-electron chi connectivity index (χ0n) is 9.18. The van der Waals surface area contributed by atoms with Crippen LogP contribution >= 0.6 is 27.7 Å². The van der Waals surface area contributed by atoms with Crippen LogP contribution in [-0.4, -0.2) is 12.2 Å². The average molecular weight is 311 g/mol. The Morgan fingerprint density at radius 3 is 2.29 bits per heavy atom. The molecule has 0 amide bonds. The van der Waals surface area contributed by atoms with Crippen molar-refractivity contribution in [2.24, 2.45) is 0 Å². The van der Waals surface area contributed by atoms with E-state index in [9.17, 15) is 5.11 Å². The van der Waals surface area contributed by atoms with Crippen molar-refractivity contribution < 1.29 is 9.84 Å². The number of hydrogen-bond acceptors (Lipinski definition) is 3. The molecule has 0 saturated carbocycles. The van der Waals surface area contributed by atoms with E-state index in [1.807, 2.05) is 36.4 Å². The lowest BCUT2D eigenvalue weighted by atomic mass is 10.3. The highest BCUT2D eigenvalue weighted by atomic mass is 79.9. The standard InChI is InChI=1S/C13H11BrO2S/c1-16-9-2-4-10(5-3-9)17-11-6-7-12(14)13(15)8-11/h2-8,15H,1H3. The zero-order valence-corrected chi connectivity index (χ0v) is 11.6. The largest absolute Gasteiger partial charge is 0.507 e. The van der Waals surface area contributed by atoms with E-state index in [0.29, 0.717) is 4.47 Å². The lowest BCUT2D eigenvalue weighted by Gasteiger charge is -2.04. The number of hydrogen-bond donors (Lipinski definition) is 1. The summed E-state index contributed by atoms with van der Waals surface area (Å²) in [6, 6.07) is 13.3. The van der Waals surface area contributed by atoms with Gasteiger partial charge in [0.1, 0.15) is 11.5 Å². The first-order valence-electron chi connectivity index (χ1n) is 4.99. The Kier molecular flexibility index (Phi) is 3.97. The summed E-state index contributed by atoms with van der Waals surface area (Å²) < 4.78 is 5.80. The van der Waals surface area contributed by atoms with Gasteiger partial charge in [-0.1, -0.05) is 11.8 Å². The monoisotopic (exact) mass is 310 g/mol. The van der Waals surface area contributed by atoms with Gasteiger partial charge in [-0.3, -0.25) is 0 Å². The molecule has 0 bridgehead atoms. The van der Waals surface area contributed by atoms with Crippen molar-refractivity contribution >= 4 is 27.7 Å². The van der Waals surface area contributed by atoms with Crippen LogP contribution in [0.3, 0.4) is 0 Å². The molecule has 0 saturated heterocycles. The van der Waals surface area contributed by atoms with Crippen molar-refractivity contribution in [3.63, 3.8) is 0 Å². The van der Waals surface area contributed by atoms with Crippen molar-refractivity contribution in [3.8, 4) is 11.5 Å². The second-order valence-corrected chi connectivity index (χ2v) is 5.39. The third kappa shape index (κ3) is 3.17. The van der Waals surface area contributed by atoms with Crippen molar-refractivity contribution in [1.29, 1.82) is 0 Å². The molecule has 0 heterocycles. The van der Waals surface area contributed by atoms with Gasteiger partial charge in [0.05, 0.1) is 11.6 Å². The summed E-state index contributed by atoms with van der Waals surface area (Å²) in [6.07, 6.45) is 0. The Morgan fingerprint density at radius 1 is 1.06 bits per heavy atom. The quantitative estimate of drug-likeness (QED) is 0.915. The topological polar surface area (TPSA) is 29.5 Å². The van der Waals surface area contributed by atoms with Crippen molar-refractivity contribution in [3.05, 3.63) is 46.9 Å². The molecule has 0 aliphatic carbocycles. The predicted octanol–water partition coefficient (Wildman–Crippen LogP) is 4.31. The van der Waals surface area contributed by atoms with Gasteiger partial charge in [-0.15, -0.1) is 0 Å². The molecule has 0 spiro atoms. The Balaban J connectivity index is 2.16. The number of benzene rings is 2. The number of methoxy groups -OCH3 is 1. The smallest absolute Gasteiger partial charge is 0.130 e. The number of halogens is 1. The molecule has 1 N–H and O–H groups in total. The molecule has 4 heteroatoms. The van der Waals surface area contributed by atoms with Crippen molar-refractivity contribution in [2.45, 2.75) is 9.79 Å². The Labute approximate surface area is 113 Å². The number of phenolic OH excluding ortho intramolecular Hbond substituents is 1. The fraction of sp³-hybridized carbons (Fsp3) is 0.0769. The van der Waals surface area contributed by atoms with Gasteiger partial charge in [-0.05, 0) is 58.4 Å². The van der Waals surface area contributed by atoms with E-state index in [-0.39, 0.29) is 5.75 Å². The Bertz CT molecular complexity index is 511. The zero-order chi connectivity index (χ0) is 12.3. The first kappa shape index (κ1) is 12.3. The molecule has 2 nitrogen and oxygen atoms in total. The predicted molar refractivity (Wildman–Crippen MR) is 72.9 cm³/mol. The molecule has 2 aromatic rings. The van der Waals surface area contributed by atoms with E-state index in [2.05, 4.69) is 15.9 Å². The molecule has 2 rings (SSSR count). The lowest BCUT2D eigenvalue weighted by molar-refractivity contribution is 0.414. The highest BCUT2D eigenvalue weighted by molar-refractivity contribution is 9.10. The molecular weight excluding hydrogens is 300 g/mol. The summed E-state index contributed by atoms with van der Waals surface area (Å²) in [5.74, 6) is 1.09. The maximum atomic E-state index is 9.58. The molecule has 0 aromatic heterocycles. The fourth-order valence-corrected chi connectivity index (χ4v) is 2.43. The van der Waals surface area contributed by atoms with Gasteiger partial charge in [0.25, 0.3) is 0 Å². The molecular formula is C13H11BrO2S. The van der Waals surface area contributed by atoms with Gasteiger partial charge in [-0.25, -0.2) is 0 Å². The fourth-order valence-electron chi connectivity index (χ4n) is 1.34. The van der Waals surface area contributed by atoms with Crippen LogP contribution in [-0.2, 0) is 0 Å². The van der Waals surface area contributed by atoms with Gasteiger partial charge in [0.15, 0.2) is 0 Å². The van der Waals surface area contributed by atoms with E-state index in [0.717, 1.165) is 15.5 Å². The maximum absolute atomic E-state index is 9.58. The maximum Gasteiger partial charge on any atom is 0.130 e. The minimum absolute atomic E-state index is 0.253. The van der Waals surface area contributed by atoms with Crippen LogP contribution in [0, 0.1) is 0 Å². The normalized spacial score (nSPS) is 10.2. The minimum atomic E-state index is 0.253. The van der Waals surface area contributed by atoms with Crippen LogP contribution in [0.5, 0.6) is 11.5 Å². The molecule has 0 aliphatic rings. The van der Waals surface area contributed by atoms with Crippen LogP contribution in [0.25, 0.3) is 0 Å². The number of phenols is 1. The van der Waals surface area contributed by atoms with E-state index in [1.54, 1.807) is 24.9 Å². The number of ether oxygens (including phenoxy) is 1. The summed E-state index contributed by atoms with van der Waals surface area (Å²) in [6.45, 7) is 0. The molecule has 0 atom stereocenters.